The molecule has 27 heavy (non-hydrogen) atoms. The maximum absolute atomic E-state index is 6.52. The summed E-state index contributed by atoms with van der Waals surface area (Å²) in [7, 11) is 0. The van der Waals surface area contributed by atoms with Gasteiger partial charge in [-0.15, -0.1) is 0 Å². The van der Waals surface area contributed by atoms with Gasteiger partial charge in [0.1, 0.15) is 12.1 Å². The Morgan fingerprint density at radius 1 is 1.07 bits per heavy atom. The van der Waals surface area contributed by atoms with E-state index in [9.17, 15) is 0 Å². The molecule has 0 spiro atoms. The van der Waals surface area contributed by atoms with Crippen LogP contribution in [-0.4, -0.2) is 40.8 Å². The topological polar surface area (TPSA) is 55.2 Å². The van der Waals surface area contributed by atoms with Gasteiger partial charge >= 0.3 is 0 Å². The van der Waals surface area contributed by atoms with Crippen molar-refractivity contribution in [3.8, 4) is 5.82 Å². The first kappa shape index (κ1) is 18.0. The quantitative estimate of drug-likeness (QED) is 0.709. The van der Waals surface area contributed by atoms with E-state index in [1.54, 1.807) is 18.7 Å². The summed E-state index contributed by atoms with van der Waals surface area (Å²) < 4.78 is 7.40. The zero-order valence-corrected chi connectivity index (χ0v) is 15.8. The highest BCUT2D eigenvalue weighted by Gasteiger charge is 2.16. The maximum atomic E-state index is 6.52. The lowest BCUT2D eigenvalue weighted by atomic mass is 10.1. The van der Waals surface area contributed by atoms with E-state index in [1.807, 2.05) is 29.0 Å². The molecule has 0 unspecified atom stereocenters. The molecule has 1 aliphatic heterocycles. The third kappa shape index (κ3) is 4.13. The number of hydrogen-bond acceptors (Lipinski definition) is 5. The lowest BCUT2D eigenvalue weighted by Gasteiger charge is -2.31. The minimum absolute atomic E-state index is 0.685. The first-order valence-corrected chi connectivity index (χ1v) is 9.44. The van der Waals surface area contributed by atoms with Crippen molar-refractivity contribution in [3.05, 3.63) is 71.4 Å². The van der Waals surface area contributed by atoms with Gasteiger partial charge in [0.15, 0.2) is 0 Å². The van der Waals surface area contributed by atoms with Gasteiger partial charge in [-0.3, -0.25) is 4.57 Å². The standard InChI is InChI=1S/C20H22ClN5O/c21-18-4-1-5-19(25-9-11-27-12-10-25)17(18)14-23-13-16-3-2-6-24-20(16)26-8-7-22-15-26/h1-8,15,23H,9-14H2. The van der Waals surface area contributed by atoms with Crippen LogP contribution in [0.4, 0.5) is 5.69 Å². The smallest absolute Gasteiger partial charge is 0.142 e. The molecule has 6 nitrogen and oxygen atoms in total. The Balaban J connectivity index is 1.49. The van der Waals surface area contributed by atoms with Crippen LogP contribution in [0.2, 0.25) is 5.02 Å². The summed E-state index contributed by atoms with van der Waals surface area (Å²) in [6, 6.07) is 10.1. The molecule has 1 aliphatic rings. The molecule has 140 valence electrons. The molecule has 0 amide bonds. The van der Waals surface area contributed by atoms with Crippen molar-refractivity contribution in [2.75, 3.05) is 31.2 Å². The Labute approximate surface area is 163 Å². The van der Waals surface area contributed by atoms with Gasteiger partial charge in [0.2, 0.25) is 0 Å². The van der Waals surface area contributed by atoms with Gasteiger partial charge in [0, 0.05) is 66.6 Å². The Bertz CT molecular complexity index is 878. The van der Waals surface area contributed by atoms with E-state index in [0.29, 0.717) is 13.1 Å². The summed E-state index contributed by atoms with van der Waals surface area (Å²) in [5, 5.41) is 4.31. The fourth-order valence-electron chi connectivity index (χ4n) is 3.33. The first-order chi connectivity index (χ1) is 13.3. The van der Waals surface area contributed by atoms with Crippen LogP contribution in [0, 0.1) is 0 Å². The second kappa shape index (κ2) is 8.52. The summed E-state index contributed by atoms with van der Waals surface area (Å²) in [5.74, 6) is 0.884. The Morgan fingerprint density at radius 3 is 2.78 bits per heavy atom. The number of pyridine rings is 1. The van der Waals surface area contributed by atoms with Gasteiger partial charge in [-0.2, -0.15) is 0 Å². The molecule has 1 saturated heterocycles. The number of ether oxygens (including phenoxy) is 1. The van der Waals surface area contributed by atoms with Gasteiger partial charge in [0.05, 0.1) is 13.2 Å². The third-order valence-electron chi connectivity index (χ3n) is 4.68. The average Bonchev–Trinajstić information content (AvgIpc) is 3.25. The van der Waals surface area contributed by atoms with Gasteiger partial charge in [-0.25, -0.2) is 9.97 Å². The highest BCUT2D eigenvalue weighted by Crippen LogP contribution is 2.28. The Kier molecular flexibility index (Phi) is 5.67. The second-order valence-corrected chi connectivity index (χ2v) is 6.80. The second-order valence-electron chi connectivity index (χ2n) is 6.40. The first-order valence-electron chi connectivity index (χ1n) is 9.06. The molecule has 0 atom stereocenters. The number of anilines is 1. The number of rotatable bonds is 6. The molecule has 1 fully saturated rings. The minimum Gasteiger partial charge on any atom is -0.378 e. The van der Waals surface area contributed by atoms with Gasteiger partial charge in [-0.05, 0) is 18.2 Å². The largest absolute Gasteiger partial charge is 0.378 e. The van der Waals surface area contributed by atoms with Crippen molar-refractivity contribution in [3.63, 3.8) is 0 Å². The highest BCUT2D eigenvalue weighted by atomic mass is 35.5. The molecule has 4 rings (SSSR count). The molecule has 1 N–H and O–H groups in total. The summed E-state index contributed by atoms with van der Waals surface area (Å²) in [6.45, 7) is 4.66. The number of hydrogen-bond donors (Lipinski definition) is 1. The number of halogens is 1. The Hall–Kier alpha value is -2.41. The molecule has 0 saturated carbocycles. The van der Waals surface area contributed by atoms with Crippen molar-refractivity contribution in [1.82, 2.24) is 19.9 Å². The summed E-state index contributed by atoms with van der Waals surface area (Å²) >= 11 is 6.52. The highest BCUT2D eigenvalue weighted by molar-refractivity contribution is 6.31. The van der Waals surface area contributed by atoms with E-state index < -0.39 is 0 Å². The van der Waals surface area contributed by atoms with Crippen molar-refractivity contribution >= 4 is 17.3 Å². The zero-order chi connectivity index (χ0) is 18.5. The van der Waals surface area contributed by atoms with Crippen molar-refractivity contribution < 1.29 is 4.74 Å². The summed E-state index contributed by atoms with van der Waals surface area (Å²) in [4.78, 5) is 10.9. The van der Waals surface area contributed by atoms with Crippen LogP contribution in [0.3, 0.4) is 0 Å². The molecule has 0 radical (unpaired) electrons. The molecule has 0 bridgehead atoms. The molecular weight excluding hydrogens is 362 g/mol. The number of nitrogens with zero attached hydrogens (tertiary/aromatic N) is 4. The summed E-state index contributed by atoms with van der Waals surface area (Å²) in [5.41, 5.74) is 3.41. The van der Waals surface area contributed by atoms with Gasteiger partial charge < -0.3 is 15.0 Å². The Morgan fingerprint density at radius 2 is 1.96 bits per heavy atom. The van der Waals surface area contributed by atoms with Crippen molar-refractivity contribution in [2.24, 2.45) is 0 Å². The van der Waals surface area contributed by atoms with Crippen molar-refractivity contribution in [1.29, 1.82) is 0 Å². The zero-order valence-electron chi connectivity index (χ0n) is 15.0. The molecule has 0 aliphatic carbocycles. The lowest BCUT2D eigenvalue weighted by Crippen LogP contribution is -2.37. The van der Waals surface area contributed by atoms with Crippen LogP contribution in [0.5, 0.6) is 0 Å². The molecule has 1 aromatic carbocycles. The summed E-state index contributed by atoms with van der Waals surface area (Å²) in [6.07, 6.45) is 7.21. The van der Waals surface area contributed by atoms with Crippen LogP contribution >= 0.6 is 11.6 Å². The fourth-order valence-corrected chi connectivity index (χ4v) is 3.57. The van der Waals surface area contributed by atoms with Crippen LogP contribution in [0.1, 0.15) is 11.1 Å². The number of morpholine rings is 1. The predicted octanol–water partition coefficient (Wildman–Crippen LogP) is 3.05. The number of aromatic nitrogens is 3. The van der Waals surface area contributed by atoms with E-state index in [1.165, 1.54) is 5.69 Å². The number of imidazole rings is 1. The van der Waals surface area contributed by atoms with E-state index >= 15 is 0 Å². The normalized spacial score (nSPS) is 14.5. The predicted molar refractivity (Wildman–Crippen MR) is 106 cm³/mol. The number of benzene rings is 1. The molecule has 3 heterocycles. The van der Waals surface area contributed by atoms with Gasteiger partial charge in [-0.1, -0.05) is 23.7 Å². The molecule has 7 heteroatoms. The van der Waals surface area contributed by atoms with Crippen molar-refractivity contribution in [2.45, 2.75) is 13.1 Å². The number of nitrogens with one attached hydrogen (secondary N) is 1. The molecule has 2 aromatic heterocycles. The minimum atomic E-state index is 0.685. The maximum Gasteiger partial charge on any atom is 0.142 e. The van der Waals surface area contributed by atoms with E-state index in [4.69, 9.17) is 16.3 Å². The average molecular weight is 384 g/mol. The third-order valence-corrected chi connectivity index (χ3v) is 5.03. The van der Waals surface area contributed by atoms with Crippen LogP contribution in [0.25, 0.3) is 5.82 Å². The van der Waals surface area contributed by atoms with E-state index in [-0.39, 0.29) is 0 Å². The van der Waals surface area contributed by atoms with Crippen LogP contribution in [0.15, 0.2) is 55.2 Å². The fraction of sp³-hybridized carbons (Fsp3) is 0.300. The van der Waals surface area contributed by atoms with Crippen LogP contribution in [-0.2, 0) is 17.8 Å². The van der Waals surface area contributed by atoms with Gasteiger partial charge in [0.25, 0.3) is 0 Å². The van der Waals surface area contributed by atoms with Crippen LogP contribution < -0.4 is 10.2 Å². The molecular formula is C20H22ClN5O. The SMILES string of the molecule is Clc1cccc(N2CCOCC2)c1CNCc1cccnc1-n1ccnc1. The lowest BCUT2D eigenvalue weighted by molar-refractivity contribution is 0.122. The molecule has 3 aromatic rings. The van der Waals surface area contributed by atoms with E-state index in [0.717, 1.165) is 48.3 Å². The monoisotopic (exact) mass is 383 g/mol. The van der Waals surface area contributed by atoms with E-state index in [2.05, 4.69) is 32.3 Å².